The Bertz CT molecular complexity index is 843. The molecule has 2 N–H and O–H groups in total. The highest BCUT2D eigenvalue weighted by molar-refractivity contribution is 5.98. The van der Waals surface area contributed by atoms with Gasteiger partial charge in [-0.05, 0) is 47.2 Å². The summed E-state index contributed by atoms with van der Waals surface area (Å²) in [6, 6.07) is 7.93. The molecule has 0 fully saturated rings. The third-order valence-corrected chi connectivity index (χ3v) is 3.89. The number of carbonyl (C=O) groups excluding carboxylic acids is 1. The van der Waals surface area contributed by atoms with E-state index in [4.69, 9.17) is 0 Å². The van der Waals surface area contributed by atoms with Crippen LogP contribution >= 0.6 is 0 Å². The van der Waals surface area contributed by atoms with Gasteiger partial charge in [0.05, 0.1) is 5.56 Å². The number of hydrogen-bond donors (Lipinski definition) is 2. The molecule has 1 heterocycles. The molecule has 0 saturated heterocycles. The minimum Gasteiger partial charge on any atom is -0.387 e. The van der Waals surface area contributed by atoms with Crippen molar-refractivity contribution in [2.24, 2.45) is 0 Å². The van der Waals surface area contributed by atoms with Crippen LogP contribution in [-0.2, 0) is 19.3 Å². The van der Waals surface area contributed by atoms with Crippen molar-refractivity contribution in [1.82, 2.24) is 10.6 Å². The molecule has 3 nitrogen and oxygen atoms in total. The topological polar surface area (TPSA) is 41.1 Å². The van der Waals surface area contributed by atoms with Crippen LogP contribution in [0.1, 0.15) is 32.6 Å². The first-order chi connectivity index (χ1) is 11.9. The third-order valence-electron chi connectivity index (χ3n) is 3.89. The zero-order valence-corrected chi connectivity index (χ0v) is 13.0. The van der Waals surface area contributed by atoms with E-state index < -0.39 is 17.6 Å². The SMILES string of the molecule is O=C(NCc1ccc(C(F)(F)F)c(F)c1)c1cccc2c1C=CNC2. The quantitative estimate of drug-likeness (QED) is 0.826. The van der Waals surface area contributed by atoms with Crippen molar-refractivity contribution in [1.29, 1.82) is 0 Å². The standard InChI is InChI=1S/C18H14F4N2O/c19-16-8-11(4-5-15(16)18(20,21)22)9-24-17(25)14-3-1-2-12-10-23-7-6-13(12)14/h1-8,23H,9-10H2,(H,24,25). The van der Waals surface area contributed by atoms with Gasteiger partial charge in [-0.1, -0.05) is 18.2 Å². The van der Waals surface area contributed by atoms with Crippen LogP contribution in [0.4, 0.5) is 17.6 Å². The van der Waals surface area contributed by atoms with Gasteiger partial charge in [0.1, 0.15) is 5.82 Å². The average Bonchev–Trinajstić information content (AvgIpc) is 2.58. The van der Waals surface area contributed by atoms with Crippen molar-refractivity contribution in [3.05, 3.63) is 76.2 Å². The van der Waals surface area contributed by atoms with Gasteiger partial charge in [-0.2, -0.15) is 13.2 Å². The van der Waals surface area contributed by atoms with E-state index in [2.05, 4.69) is 10.6 Å². The van der Waals surface area contributed by atoms with Crippen LogP contribution in [0.2, 0.25) is 0 Å². The largest absolute Gasteiger partial charge is 0.419 e. The monoisotopic (exact) mass is 350 g/mol. The predicted octanol–water partition coefficient (Wildman–Crippen LogP) is 3.85. The normalized spacial score (nSPS) is 13.1. The Kier molecular flexibility index (Phi) is 4.48. The van der Waals surface area contributed by atoms with Gasteiger partial charge in [0.2, 0.25) is 0 Å². The number of halogens is 4. The minimum absolute atomic E-state index is 0.0699. The number of benzene rings is 2. The van der Waals surface area contributed by atoms with Gasteiger partial charge in [0.15, 0.2) is 0 Å². The highest BCUT2D eigenvalue weighted by atomic mass is 19.4. The molecule has 0 saturated carbocycles. The Morgan fingerprint density at radius 3 is 2.72 bits per heavy atom. The molecule has 0 unspecified atom stereocenters. The maximum atomic E-state index is 13.6. The van der Waals surface area contributed by atoms with E-state index in [9.17, 15) is 22.4 Å². The number of amides is 1. The average molecular weight is 350 g/mol. The molecule has 1 aliphatic rings. The van der Waals surface area contributed by atoms with Crippen LogP contribution < -0.4 is 10.6 Å². The van der Waals surface area contributed by atoms with E-state index in [-0.39, 0.29) is 18.0 Å². The molecule has 1 amide bonds. The Labute approximate surface area is 141 Å². The number of hydrogen-bond acceptors (Lipinski definition) is 2. The lowest BCUT2D eigenvalue weighted by Gasteiger charge is -2.16. The van der Waals surface area contributed by atoms with Gasteiger partial charge in [0.25, 0.3) is 5.91 Å². The Morgan fingerprint density at radius 2 is 2.00 bits per heavy atom. The number of fused-ring (bicyclic) bond motifs is 1. The molecule has 2 aromatic carbocycles. The summed E-state index contributed by atoms with van der Waals surface area (Å²) >= 11 is 0. The molecule has 2 aromatic rings. The fourth-order valence-electron chi connectivity index (χ4n) is 2.65. The number of alkyl halides is 3. The van der Waals surface area contributed by atoms with Crippen molar-refractivity contribution in [3.63, 3.8) is 0 Å². The molecule has 0 radical (unpaired) electrons. The van der Waals surface area contributed by atoms with Crippen LogP contribution in [0, 0.1) is 5.82 Å². The summed E-state index contributed by atoms with van der Waals surface area (Å²) < 4.78 is 51.2. The summed E-state index contributed by atoms with van der Waals surface area (Å²) in [5.74, 6) is -1.73. The zero-order chi connectivity index (χ0) is 18.0. The van der Waals surface area contributed by atoms with Crippen molar-refractivity contribution >= 4 is 12.0 Å². The molecular formula is C18H14F4N2O. The molecule has 0 aromatic heterocycles. The third kappa shape index (κ3) is 3.65. The molecule has 7 heteroatoms. The molecule has 0 spiro atoms. The van der Waals surface area contributed by atoms with Crippen LogP contribution in [0.15, 0.2) is 42.6 Å². The van der Waals surface area contributed by atoms with E-state index in [1.165, 1.54) is 0 Å². The molecule has 1 aliphatic heterocycles. The molecular weight excluding hydrogens is 336 g/mol. The van der Waals surface area contributed by atoms with E-state index in [0.717, 1.165) is 23.3 Å². The maximum Gasteiger partial charge on any atom is 0.419 e. The Morgan fingerprint density at radius 1 is 1.20 bits per heavy atom. The smallest absolute Gasteiger partial charge is 0.387 e. The van der Waals surface area contributed by atoms with Crippen LogP contribution in [0.25, 0.3) is 6.08 Å². The molecule has 0 bridgehead atoms. The van der Waals surface area contributed by atoms with E-state index >= 15 is 0 Å². The van der Waals surface area contributed by atoms with E-state index in [1.807, 2.05) is 6.07 Å². The predicted molar refractivity (Wildman–Crippen MR) is 84.9 cm³/mol. The van der Waals surface area contributed by atoms with Crippen LogP contribution in [-0.4, -0.2) is 5.91 Å². The van der Waals surface area contributed by atoms with Gasteiger partial charge in [-0.3, -0.25) is 4.79 Å². The van der Waals surface area contributed by atoms with Gasteiger partial charge in [0, 0.05) is 18.7 Å². The van der Waals surface area contributed by atoms with Crippen molar-refractivity contribution in [3.8, 4) is 0 Å². The van der Waals surface area contributed by atoms with Crippen molar-refractivity contribution < 1.29 is 22.4 Å². The first-order valence-corrected chi connectivity index (χ1v) is 7.52. The maximum absolute atomic E-state index is 13.6. The zero-order valence-electron chi connectivity index (χ0n) is 13.0. The Hall–Kier alpha value is -2.83. The summed E-state index contributed by atoms with van der Waals surface area (Å²) in [7, 11) is 0. The van der Waals surface area contributed by atoms with Crippen LogP contribution in [0.5, 0.6) is 0 Å². The Balaban J connectivity index is 1.74. The summed E-state index contributed by atoms with van der Waals surface area (Å²) in [5.41, 5.74) is 1.15. The fourth-order valence-corrected chi connectivity index (χ4v) is 2.65. The summed E-state index contributed by atoms with van der Waals surface area (Å²) in [4.78, 5) is 12.4. The minimum atomic E-state index is -4.74. The highest BCUT2D eigenvalue weighted by Gasteiger charge is 2.33. The second kappa shape index (κ2) is 6.58. The van der Waals surface area contributed by atoms with Gasteiger partial charge in [-0.15, -0.1) is 0 Å². The van der Waals surface area contributed by atoms with Crippen LogP contribution in [0.3, 0.4) is 0 Å². The summed E-state index contributed by atoms with van der Waals surface area (Å²) in [6.45, 7) is 0.538. The van der Waals surface area contributed by atoms with Gasteiger partial charge >= 0.3 is 6.18 Å². The first-order valence-electron chi connectivity index (χ1n) is 7.52. The fraction of sp³-hybridized carbons (Fsp3) is 0.167. The lowest BCUT2D eigenvalue weighted by Crippen LogP contribution is -2.25. The molecule has 0 aliphatic carbocycles. The van der Waals surface area contributed by atoms with Crippen molar-refractivity contribution in [2.75, 3.05) is 0 Å². The first kappa shape index (κ1) is 17.0. The second-order valence-corrected chi connectivity index (χ2v) is 5.59. The van der Waals surface area contributed by atoms with Crippen molar-refractivity contribution in [2.45, 2.75) is 19.3 Å². The number of nitrogens with one attached hydrogen (secondary N) is 2. The molecule has 130 valence electrons. The lowest BCUT2D eigenvalue weighted by atomic mass is 9.98. The molecule has 0 atom stereocenters. The lowest BCUT2D eigenvalue weighted by molar-refractivity contribution is -0.140. The molecule has 25 heavy (non-hydrogen) atoms. The molecule has 3 rings (SSSR count). The van der Waals surface area contributed by atoms with Gasteiger partial charge in [-0.25, -0.2) is 4.39 Å². The number of rotatable bonds is 3. The van der Waals surface area contributed by atoms with E-state index in [0.29, 0.717) is 18.2 Å². The second-order valence-electron chi connectivity index (χ2n) is 5.59. The highest BCUT2D eigenvalue weighted by Crippen LogP contribution is 2.31. The van der Waals surface area contributed by atoms with E-state index in [1.54, 1.807) is 24.4 Å². The van der Waals surface area contributed by atoms with Gasteiger partial charge < -0.3 is 10.6 Å². The number of carbonyl (C=O) groups is 1. The summed E-state index contributed by atoms with van der Waals surface area (Å²) in [5, 5.41) is 5.65. The summed E-state index contributed by atoms with van der Waals surface area (Å²) in [6.07, 6.45) is -1.22.